The fourth-order valence-electron chi connectivity index (χ4n) is 7.00. The average Bonchev–Trinajstić information content (AvgIpc) is 2.84. The van der Waals surface area contributed by atoms with Crippen LogP contribution in [0.3, 0.4) is 0 Å². The molecule has 192 valence electrons. The second kappa shape index (κ2) is 10.9. The van der Waals surface area contributed by atoms with Crippen LogP contribution in [0.2, 0.25) is 10.0 Å². The van der Waals surface area contributed by atoms with Crippen LogP contribution < -0.4 is 0 Å². The number of carboxylic acid groups (broad SMARTS) is 2. The Balaban J connectivity index is 1.89. The lowest BCUT2D eigenvalue weighted by molar-refractivity contribution is -0.159. The number of carbonyl (C=O) groups excluding carboxylic acids is 1. The first-order chi connectivity index (χ1) is 17.2. The predicted molar refractivity (Wildman–Crippen MR) is 140 cm³/mol. The van der Waals surface area contributed by atoms with Crippen molar-refractivity contribution in [3.63, 3.8) is 0 Å². The smallest absolute Gasteiger partial charge is 0.304 e. The van der Waals surface area contributed by atoms with Gasteiger partial charge in [0.05, 0.1) is 12.8 Å². The lowest BCUT2D eigenvalue weighted by Gasteiger charge is -2.51. The van der Waals surface area contributed by atoms with E-state index in [-0.39, 0.29) is 30.5 Å². The van der Waals surface area contributed by atoms with Gasteiger partial charge in [0.1, 0.15) is 5.78 Å². The average molecular weight is 531 g/mol. The molecule has 2 aromatic rings. The molecule has 0 spiro atoms. The monoisotopic (exact) mass is 530 g/mol. The molecule has 5 nitrogen and oxygen atoms in total. The fourth-order valence-corrected chi connectivity index (χ4v) is 7.26. The van der Waals surface area contributed by atoms with E-state index in [4.69, 9.17) is 23.2 Å². The number of rotatable bonds is 8. The van der Waals surface area contributed by atoms with E-state index in [1.54, 1.807) is 24.3 Å². The molecule has 2 fully saturated rings. The predicted octanol–water partition coefficient (Wildman–Crippen LogP) is 7.50. The number of Topliss-reactive ketones (excluding diaryl/α,β-unsaturated/α-hetero) is 1. The number of halogens is 2. The van der Waals surface area contributed by atoms with Crippen molar-refractivity contribution in [2.24, 2.45) is 10.8 Å². The Morgan fingerprint density at radius 2 is 1.03 bits per heavy atom. The quantitative estimate of drug-likeness (QED) is 0.368. The van der Waals surface area contributed by atoms with Gasteiger partial charge in [0, 0.05) is 20.9 Å². The van der Waals surface area contributed by atoms with E-state index in [2.05, 4.69) is 0 Å². The van der Waals surface area contributed by atoms with Gasteiger partial charge in [-0.05, 0) is 72.9 Å². The molecule has 4 atom stereocenters. The molecule has 0 saturated heterocycles. The molecular formula is C29H32Cl2O5. The standard InChI is InChI=1S/C29H32Cl2O5/c30-21-11-7-19(8-12-21)23-5-1-3-15-28(23,17-25(32)33)27(36)29(18-26(34)35)16-4-2-6-24(29)20-9-13-22(31)14-10-20/h7-14,23-24H,1-6,15-18H2,(H,32,33)(H,34,35). The van der Waals surface area contributed by atoms with Gasteiger partial charge >= 0.3 is 11.9 Å². The lowest BCUT2D eigenvalue weighted by atomic mass is 9.49. The van der Waals surface area contributed by atoms with Gasteiger partial charge in [-0.3, -0.25) is 14.4 Å². The Bertz CT molecular complexity index is 1030. The normalized spacial score (nSPS) is 28.4. The van der Waals surface area contributed by atoms with Crippen LogP contribution in [0, 0.1) is 10.8 Å². The molecule has 2 N–H and O–H groups in total. The summed E-state index contributed by atoms with van der Waals surface area (Å²) in [5, 5.41) is 21.3. The number of aliphatic carboxylic acids is 2. The van der Waals surface area contributed by atoms with Gasteiger partial charge in [-0.25, -0.2) is 0 Å². The summed E-state index contributed by atoms with van der Waals surface area (Å²) in [5.41, 5.74) is -0.596. The van der Waals surface area contributed by atoms with Gasteiger partial charge in [0.2, 0.25) is 0 Å². The summed E-state index contributed by atoms with van der Waals surface area (Å²) in [7, 11) is 0. The Hall–Kier alpha value is -2.37. The highest BCUT2D eigenvalue weighted by Gasteiger charge is 2.59. The minimum Gasteiger partial charge on any atom is -0.481 e. The Morgan fingerprint density at radius 3 is 1.36 bits per heavy atom. The lowest BCUT2D eigenvalue weighted by Crippen LogP contribution is -2.53. The van der Waals surface area contributed by atoms with Crippen molar-refractivity contribution in [3.05, 3.63) is 69.7 Å². The van der Waals surface area contributed by atoms with Gasteiger partial charge < -0.3 is 10.2 Å². The zero-order valence-corrected chi connectivity index (χ0v) is 21.7. The maximum atomic E-state index is 15.0. The summed E-state index contributed by atoms with van der Waals surface area (Å²) in [6.07, 6.45) is 4.82. The van der Waals surface area contributed by atoms with Crippen LogP contribution in [-0.4, -0.2) is 27.9 Å². The first kappa shape index (κ1) is 26.7. The molecule has 0 radical (unpaired) electrons. The van der Waals surface area contributed by atoms with Gasteiger partial charge in [-0.2, -0.15) is 0 Å². The Morgan fingerprint density at radius 1 is 0.667 bits per heavy atom. The highest BCUT2D eigenvalue weighted by molar-refractivity contribution is 6.30. The molecule has 0 aliphatic heterocycles. The molecule has 0 aromatic heterocycles. The summed E-state index contributed by atoms with van der Waals surface area (Å²) >= 11 is 12.3. The third kappa shape index (κ3) is 5.19. The first-order valence-corrected chi connectivity index (χ1v) is 13.4. The van der Waals surface area contributed by atoms with E-state index in [0.717, 1.165) is 36.8 Å². The van der Waals surface area contributed by atoms with Gasteiger partial charge in [0.15, 0.2) is 0 Å². The summed E-state index contributed by atoms with van der Waals surface area (Å²) in [6.45, 7) is 0. The molecule has 4 unspecified atom stereocenters. The van der Waals surface area contributed by atoms with Gasteiger partial charge in [-0.15, -0.1) is 0 Å². The molecule has 0 bridgehead atoms. The molecule has 4 rings (SSSR count). The highest BCUT2D eigenvalue weighted by atomic mass is 35.5. The van der Waals surface area contributed by atoms with Crippen LogP contribution >= 0.6 is 23.2 Å². The third-order valence-corrected chi connectivity index (χ3v) is 8.95. The number of benzene rings is 2. The summed E-state index contributed by atoms with van der Waals surface area (Å²) < 4.78 is 0. The molecule has 2 saturated carbocycles. The zero-order valence-electron chi connectivity index (χ0n) is 20.2. The number of carbonyl (C=O) groups is 3. The van der Waals surface area contributed by atoms with Crippen molar-refractivity contribution < 1.29 is 24.6 Å². The van der Waals surface area contributed by atoms with E-state index in [1.807, 2.05) is 24.3 Å². The maximum Gasteiger partial charge on any atom is 0.304 e. The van der Waals surface area contributed by atoms with Crippen molar-refractivity contribution in [1.29, 1.82) is 0 Å². The van der Waals surface area contributed by atoms with Crippen LogP contribution in [0.15, 0.2) is 48.5 Å². The zero-order chi connectivity index (χ0) is 25.9. The summed E-state index contributed by atoms with van der Waals surface area (Å²) in [4.78, 5) is 39.6. The van der Waals surface area contributed by atoms with Crippen LogP contribution in [0.5, 0.6) is 0 Å². The van der Waals surface area contributed by atoms with Crippen LogP contribution in [0.25, 0.3) is 0 Å². The molecule has 0 heterocycles. The first-order valence-electron chi connectivity index (χ1n) is 12.7. The van der Waals surface area contributed by atoms with Crippen molar-refractivity contribution >= 4 is 40.9 Å². The van der Waals surface area contributed by atoms with E-state index in [0.29, 0.717) is 35.7 Å². The third-order valence-electron chi connectivity index (χ3n) is 8.45. The van der Waals surface area contributed by atoms with E-state index < -0.39 is 22.8 Å². The molecular weight excluding hydrogens is 499 g/mol. The van der Waals surface area contributed by atoms with Crippen LogP contribution in [0.4, 0.5) is 0 Å². The van der Waals surface area contributed by atoms with E-state index in [9.17, 15) is 24.6 Å². The molecule has 0 amide bonds. The van der Waals surface area contributed by atoms with Crippen LogP contribution in [0.1, 0.15) is 87.2 Å². The number of ketones is 1. The van der Waals surface area contributed by atoms with Crippen molar-refractivity contribution in [1.82, 2.24) is 0 Å². The summed E-state index contributed by atoms with van der Waals surface area (Å²) in [5.74, 6) is -2.89. The SMILES string of the molecule is O=C(O)CC1(C(=O)C2(CC(=O)O)CCCCC2c2ccc(Cl)cc2)CCCCC1c1ccc(Cl)cc1. The molecule has 2 aromatic carbocycles. The van der Waals surface area contributed by atoms with Crippen molar-refractivity contribution in [3.8, 4) is 0 Å². The number of hydrogen-bond donors (Lipinski definition) is 2. The minimum atomic E-state index is -1.19. The van der Waals surface area contributed by atoms with Crippen molar-refractivity contribution in [2.75, 3.05) is 0 Å². The second-order valence-electron chi connectivity index (χ2n) is 10.5. The van der Waals surface area contributed by atoms with Gasteiger partial charge in [-0.1, -0.05) is 73.2 Å². The van der Waals surface area contributed by atoms with Gasteiger partial charge in [0.25, 0.3) is 0 Å². The minimum absolute atomic E-state index is 0.195. The highest BCUT2D eigenvalue weighted by Crippen LogP contribution is 2.60. The largest absolute Gasteiger partial charge is 0.481 e. The molecule has 2 aliphatic rings. The number of hydrogen-bond acceptors (Lipinski definition) is 3. The summed E-state index contributed by atoms with van der Waals surface area (Å²) in [6, 6.07) is 14.6. The van der Waals surface area contributed by atoms with Crippen LogP contribution in [-0.2, 0) is 14.4 Å². The molecule has 7 heteroatoms. The fraction of sp³-hybridized carbons (Fsp3) is 0.483. The molecule has 36 heavy (non-hydrogen) atoms. The van der Waals surface area contributed by atoms with Crippen molar-refractivity contribution in [2.45, 2.75) is 76.0 Å². The maximum absolute atomic E-state index is 15.0. The van der Waals surface area contributed by atoms with E-state index >= 15 is 0 Å². The number of carboxylic acids is 2. The van der Waals surface area contributed by atoms with E-state index in [1.165, 1.54) is 0 Å². The Labute approximate surface area is 221 Å². The topological polar surface area (TPSA) is 91.7 Å². The second-order valence-corrected chi connectivity index (χ2v) is 11.4. The Kier molecular flexibility index (Phi) is 8.11. The molecule has 2 aliphatic carbocycles.